The summed E-state index contributed by atoms with van der Waals surface area (Å²) in [6, 6.07) is 96.3. The summed E-state index contributed by atoms with van der Waals surface area (Å²) in [4.78, 5) is 18.5. The predicted octanol–water partition coefficient (Wildman–Crippen LogP) is 18.4. The molecule has 388 valence electrons. The van der Waals surface area contributed by atoms with Crippen molar-refractivity contribution < 1.29 is 0 Å². The minimum Gasteiger partial charge on any atom is -0.331 e. The topological polar surface area (TPSA) is 61.6 Å². The van der Waals surface area contributed by atoms with E-state index in [1.165, 1.54) is 60.2 Å². The molecule has 0 N–H and O–H groups in total. The van der Waals surface area contributed by atoms with Crippen molar-refractivity contribution in [3.05, 3.63) is 290 Å². The number of fused-ring (bicyclic) bond motifs is 17. The van der Waals surface area contributed by atoms with Crippen LogP contribution in [0.1, 0.15) is 28.8 Å². The van der Waals surface area contributed by atoms with E-state index in [-0.39, 0.29) is 12.0 Å². The Morgan fingerprint density at radius 3 is 1.34 bits per heavy atom. The summed E-state index contributed by atoms with van der Waals surface area (Å²) in [7, 11) is 0. The Labute approximate surface area is 477 Å². The van der Waals surface area contributed by atoms with Crippen LogP contribution >= 0.6 is 0 Å². The Kier molecular flexibility index (Phi) is 9.76. The van der Waals surface area contributed by atoms with Crippen molar-refractivity contribution in [1.29, 1.82) is 0 Å². The van der Waals surface area contributed by atoms with Gasteiger partial charge in [-0.2, -0.15) is 9.97 Å². The highest BCUT2D eigenvalue weighted by Crippen LogP contribution is 2.58. The largest absolute Gasteiger partial charge is 0.331 e. The zero-order valence-electron chi connectivity index (χ0n) is 44.8. The van der Waals surface area contributed by atoms with Gasteiger partial charge in [-0.3, -0.25) is 4.57 Å². The van der Waals surface area contributed by atoms with Gasteiger partial charge in [-0.25, -0.2) is 4.98 Å². The van der Waals surface area contributed by atoms with Crippen molar-refractivity contribution in [3.8, 4) is 45.8 Å². The first-order valence-corrected chi connectivity index (χ1v) is 28.4. The summed E-state index contributed by atoms with van der Waals surface area (Å²) < 4.78 is 9.73. The molecule has 0 spiro atoms. The number of para-hydroxylation sites is 6. The molecule has 5 aromatic heterocycles. The monoisotopic (exact) mass is 1060 g/mol. The number of anilines is 2. The van der Waals surface area contributed by atoms with Crippen LogP contribution in [0.5, 0.6) is 0 Å². The van der Waals surface area contributed by atoms with E-state index >= 15 is 0 Å². The molecule has 8 nitrogen and oxygen atoms in total. The first-order chi connectivity index (χ1) is 41.2. The number of nitrogens with zero attached hydrogens (tertiary/aromatic N) is 8. The van der Waals surface area contributed by atoms with E-state index in [2.05, 4.69) is 266 Å². The van der Waals surface area contributed by atoms with E-state index in [9.17, 15) is 0 Å². The summed E-state index contributed by atoms with van der Waals surface area (Å²) in [5.74, 6) is 1.86. The lowest BCUT2D eigenvalue weighted by atomic mass is 9.86. The van der Waals surface area contributed by atoms with Gasteiger partial charge in [-0.05, 0) is 84.4 Å². The summed E-state index contributed by atoms with van der Waals surface area (Å²) in [5, 5.41) is 8.47. The SMILES string of the molecule is C1=CC2c3ccccc3N(c3cccc(-n4c5ccccc5c5ccc6c7ccccc7n(-c7ccc(-n8c9ccccc9c9ccccc98)cc7)c6c54)c3)C2c2c1c1ccccc1n2-c1nc(-c2ccccc2)nc(-c2ccccc2)n1. The second-order valence-corrected chi connectivity index (χ2v) is 21.9. The van der Waals surface area contributed by atoms with Crippen molar-refractivity contribution in [2.24, 2.45) is 0 Å². The number of benzene rings is 11. The van der Waals surface area contributed by atoms with Crippen molar-refractivity contribution in [2.45, 2.75) is 12.0 Å². The van der Waals surface area contributed by atoms with Gasteiger partial charge in [0.1, 0.15) is 0 Å². The number of rotatable bonds is 7. The minimum atomic E-state index is -0.162. The van der Waals surface area contributed by atoms with Gasteiger partial charge in [0.15, 0.2) is 11.6 Å². The molecule has 8 heteroatoms. The molecule has 0 saturated carbocycles. The fraction of sp³-hybridized carbons (Fsp3) is 0.0267. The molecule has 0 radical (unpaired) electrons. The summed E-state index contributed by atoms with van der Waals surface area (Å²) in [6.45, 7) is 0. The normalized spacial score (nSPS) is 14.7. The van der Waals surface area contributed by atoms with Gasteiger partial charge in [0.2, 0.25) is 5.95 Å². The van der Waals surface area contributed by atoms with E-state index in [1.54, 1.807) is 0 Å². The summed E-state index contributed by atoms with van der Waals surface area (Å²) in [5.41, 5.74) is 19.1. The van der Waals surface area contributed by atoms with Crippen LogP contribution in [0.3, 0.4) is 0 Å². The van der Waals surface area contributed by atoms with Gasteiger partial charge < -0.3 is 18.6 Å². The van der Waals surface area contributed by atoms with Gasteiger partial charge in [0.25, 0.3) is 0 Å². The second-order valence-electron chi connectivity index (χ2n) is 21.9. The predicted molar refractivity (Wildman–Crippen MR) is 340 cm³/mol. The van der Waals surface area contributed by atoms with Crippen molar-refractivity contribution in [3.63, 3.8) is 0 Å². The first kappa shape index (κ1) is 45.7. The molecule has 0 amide bonds. The van der Waals surface area contributed by atoms with Crippen LogP contribution < -0.4 is 4.90 Å². The Morgan fingerprint density at radius 2 is 0.759 bits per heavy atom. The van der Waals surface area contributed by atoms with Crippen LogP contribution in [0.2, 0.25) is 0 Å². The van der Waals surface area contributed by atoms with Crippen molar-refractivity contribution in [1.82, 2.24) is 33.2 Å². The van der Waals surface area contributed by atoms with E-state index < -0.39 is 0 Å². The first-order valence-electron chi connectivity index (χ1n) is 28.4. The standard InChI is InChI=1S/C75H48N8/c1-3-20-47(21-4-1)73-76-74(48-22-5-2-6-23-48)78-75(77-73)83-68-37-18-12-31-58(68)62-45-44-61-57-30-11-17-36-67(57)82(71(61)72(62)83)52-25-19-24-51(46-52)81-66-35-16-10-29-56(66)60-43-42-59-55-28-9-15-34-65(55)80(69(59)70(60)81)50-40-38-49(39-41-50)79-63-32-13-7-26-53(63)54-27-8-14-33-64(54)79/h1-46,61,71H. The Morgan fingerprint density at radius 1 is 0.313 bits per heavy atom. The molecule has 11 aromatic carbocycles. The zero-order chi connectivity index (χ0) is 54.3. The van der Waals surface area contributed by atoms with Gasteiger partial charge >= 0.3 is 0 Å². The van der Waals surface area contributed by atoms with Crippen LogP contribution in [0.25, 0.3) is 128 Å². The molecule has 1 aliphatic heterocycles. The molecule has 0 saturated heterocycles. The van der Waals surface area contributed by atoms with Crippen LogP contribution in [0.4, 0.5) is 11.4 Å². The molecule has 2 unspecified atom stereocenters. The third-order valence-corrected chi connectivity index (χ3v) is 17.5. The molecule has 18 rings (SSSR count). The smallest absolute Gasteiger partial charge is 0.238 e. The fourth-order valence-electron chi connectivity index (χ4n) is 14.1. The number of aromatic nitrogens is 7. The molecule has 2 atom stereocenters. The molecular formula is C75H48N8. The maximum atomic E-state index is 5.40. The van der Waals surface area contributed by atoms with E-state index in [4.69, 9.17) is 15.0 Å². The number of hydrogen-bond acceptors (Lipinski definition) is 4. The Bertz CT molecular complexity index is 5240. The van der Waals surface area contributed by atoms with Crippen LogP contribution in [-0.4, -0.2) is 33.2 Å². The molecule has 16 aromatic rings. The molecule has 0 bridgehead atoms. The molecule has 1 aliphatic carbocycles. The van der Waals surface area contributed by atoms with Crippen LogP contribution in [0.15, 0.2) is 273 Å². The second kappa shape index (κ2) is 17.7. The van der Waals surface area contributed by atoms with Gasteiger partial charge in [0.05, 0.1) is 50.4 Å². The fourth-order valence-corrected chi connectivity index (χ4v) is 14.1. The summed E-state index contributed by atoms with van der Waals surface area (Å²) >= 11 is 0. The molecule has 83 heavy (non-hydrogen) atoms. The average Bonchev–Trinajstić information content (AvgIpc) is 1.78. The average molecular weight is 1060 g/mol. The zero-order valence-corrected chi connectivity index (χ0v) is 44.8. The Balaban J connectivity index is 0.849. The molecule has 2 aliphatic rings. The van der Waals surface area contributed by atoms with Crippen molar-refractivity contribution >= 4 is 93.8 Å². The lowest BCUT2D eigenvalue weighted by Gasteiger charge is -2.33. The molecule has 0 fully saturated rings. The number of hydrogen-bond donors (Lipinski definition) is 0. The molecule has 6 heterocycles. The van der Waals surface area contributed by atoms with Crippen LogP contribution in [-0.2, 0) is 0 Å². The minimum absolute atomic E-state index is 0.0272. The highest BCUT2D eigenvalue weighted by molar-refractivity contribution is 6.24. The quantitative estimate of drug-likeness (QED) is 0.160. The highest BCUT2D eigenvalue weighted by atomic mass is 15.3. The lowest BCUT2D eigenvalue weighted by molar-refractivity contribution is 0.630. The highest BCUT2D eigenvalue weighted by Gasteiger charge is 2.45. The maximum Gasteiger partial charge on any atom is 0.238 e. The van der Waals surface area contributed by atoms with Gasteiger partial charge in [-0.1, -0.05) is 200 Å². The van der Waals surface area contributed by atoms with Crippen molar-refractivity contribution in [2.75, 3.05) is 4.90 Å². The summed E-state index contributed by atoms with van der Waals surface area (Å²) in [6.07, 6.45) is 4.76. The van der Waals surface area contributed by atoms with Gasteiger partial charge in [0, 0.05) is 88.7 Å². The lowest BCUT2D eigenvalue weighted by Crippen LogP contribution is -2.26. The maximum absolute atomic E-state index is 5.40. The third kappa shape index (κ3) is 6.66. The van der Waals surface area contributed by atoms with E-state index in [0.717, 1.165) is 72.5 Å². The van der Waals surface area contributed by atoms with Gasteiger partial charge in [-0.15, -0.1) is 0 Å². The van der Waals surface area contributed by atoms with E-state index in [1.807, 2.05) is 36.4 Å². The van der Waals surface area contributed by atoms with Crippen LogP contribution in [0, 0.1) is 0 Å². The van der Waals surface area contributed by atoms with E-state index in [0.29, 0.717) is 17.6 Å². The third-order valence-electron chi connectivity index (χ3n) is 17.5. The Hall–Kier alpha value is -11.1. The molecular weight excluding hydrogens is 1010 g/mol.